The van der Waals surface area contributed by atoms with Crippen LogP contribution in [0.3, 0.4) is 0 Å². The molecule has 0 aromatic heterocycles. The lowest BCUT2D eigenvalue weighted by Crippen LogP contribution is -2.35. The van der Waals surface area contributed by atoms with Crippen LogP contribution in [-0.4, -0.2) is 17.4 Å². The predicted octanol–water partition coefficient (Wildman–Crippen LogP) is 3.90. The van der Waals surface area contributed by atoms with Crippen LogP contribution in [0.4, 0.5) is 5.69 Å². The minimum absolute atomic E-state index is 0.304. The molecule has 116 valence electrons. The van der Waals surface area contributed by atoms with E-state index in [2.05, 4.69) is 13.0 Å². The standard InChI is InChI=1S/C18H28N2O/c1-2-3-4-5-6-7-8-18(21)20-12-11-15-9-10-17(19)13-16(15)14-20/h9-10,13H,2-8,11-12,14,19H2,1H3. The van der Waals surface area contributed by atoms with Crippen molar-refractivity contribution in [2.45, 2.75) is 64.8 Å². The van der Waals surface area contributed by atoms with E-state index >= 15 is 0 Å². The van der Waals surface area contributed by atoms with E-state index in [-0.39, 0.29) is 0 Å². The van der Waals surface area contributed by atoms with Crippen LogP contribution in [-0.2, 0) is 17.8 Å². The number of carbonyl (C=O) groups excluding carboxylic acids is 1. The molecule has 3 heteroatoms. The number of anilines is 1. The van der Waals surface area contributed by atoms with Gasteiger partial charge in [-0.1, -0.05) is 45.1 Å². The summed E-state index contributed by atoms with van der Waals surface area (Å²) in [5.74, 6) is 0.304. The first-order valence-corrected chi connectivity index (χ1v) is 8.35. The largest absolute Gasteiger partial charge is 0.399 e. The molecule has 0 unspecified atom stereocenters. The topological polar surface area (TPSA) is 46.3 Å². The molecule has 1 aliphatic rings. The number of nitrogens with zero attached hydrogens (tertiary/aromatic N) is 1. The van der Waals surface area contributed by atoms with Crippen molar-refractivity contribution >= 4 is 11.6 Å². The maximum Gasteiger partial charge on any atom is 0.222 e. The number of fused-ring (bicyclic) bond motifs is 1. The van der Waals surface area contributed by atoms with Gasteiger partial charge in [0.05, 0.1) is 0 Å². The van der Waals surface area contributed by atoms with Crippen molar-refractivity contribution in [3.8, 4) is 0 Å². The maximum absolute atomic E-state index is 12.3. The second-order valence-corrected chi connectivity index (χ2v) is 6.11. The van der Waals surface area contributed by atoms with Crippen LogP contribution in [0.25, 0.3) is 0 Å². The smallest absolute Gasteiger partial charge is 0.222 e. The summed E-state index contributed by atoms with van der Waals surface area (Å²) in [6, 6.07) is 6.06. The molecule has 0 saturated heterocycles. The van der Waals surface area contributed by atoms with E-state index in [0.717, 1.165) is 31.6 Å². The summed E-state index contributed by atoms with van der Waals surface area (Å²) in [4.78, 5) is 14.3. The summed E-state index contributed by atoms with van der Waals surface area (Å²) in [7, 11) is 0. The van der Waals surface area contributed by atoms with Gasteiger partial charge < -0.3 is 10.6 Å². The molecule has 21 heavy (non-hydrogen) atoms. The molecule has 1 aliphatic heterocycles. The summed E-state index contributed by atoms with van der Waals surface area (Å²) >= 11 is 0. The van der Waals surface area contributed by atoms with Crippen molar-refractivity contribution in [3.05, 3.63) is 29.3 Å². The fourth-order valence-corrected chi connectivity index (χ4v) is 3.00. The number of rotatable bonds is 7. The average Bonchev–Trinajstić information content (AvgIpc) is 2.49. The van der Waals surface area contributed by atoms with Gasteiger partial charge in [-0.25, -0.2) is 0 Å². The molecule has 1 aromatic carbocycles. The Balaban J connectivity index is 1.74. The van der Waals surface area contributed by atoms with Gasteiger partial charge >= 0.3 is 0 Å². The zero-order valence-corrected chi connectivity index (χ0v) is 13.2. The molecule has 2 N–H and O–H groups in total. The minimum atomic E-state index is 0.304. The molecule has 1 amide bonds. The number of carbonyl (C=O) groups is 1. The Bertz CT molecular complexity index is 470. The molecule has 0 saturated carbocycles. The maximum atomic E-state index is 12.3. The van der Waals surface area contributed by atoms with Gasteiger partial charge in [-0.05, 0) is 36.1 Å². The van der Waals surface area contributed by atoms with Crippen LogP contribution in [0.1, 0.15) is 63.0 Å². The van der Waals surface area contributed by atoms with E-state index in [0.29, 0.717) is 12.3 Å². The van der Waals surface area contributed by atoms with E-state index in [1.165, 1.54) is 43.2 Å². The zero-order valence-electron chi connectivity index (χ0n) is 13.2. The third-order valence-electron chi connectivity index (χ3n) is 4.34. The molecule has 0 spiro atoms. The first-order chi connectivity index (χ1) is 10.2. The Hall–Kier alpha value is -1.51. The lowest BCUT2D eigenvalue weighted by molar-refractivity contribution is -0.132. The van der Waals surface area contributed by atoms with Crippen molar-refractivity contribution < 1.29 is 4.79 Å². The molecule has 3 nitrogen and oxygen atoms in total. The van der Waals surface area contributed by atoms with E-state index in [1.807, 2.05) is 17.0 Å². The molecule has 1 aromatic rings. The quantitative estimate of drug-likeness (QED) is 0.611. The molecule has 1 heterocycles. The third kappa shape index (κ3) is 4.76. The third-order valence-corrected chi connectivity index (χ3v) is 4.34. The van der Waals surface area contributed by atoms with Gasteiger partial charge in [-0.15, -0.1) is 0 Å². The van der Waals surface area contributed by atoms with E-state index < -0.39 is 0 Å². The summed E-state index contributed by atoms with van der Waals surface area (Å²) < 4.78 is 0. The summed E-state index contributed by atoms with van der Waals surface area (Å²) in [5.41, 5.74) is 9.19. The lowest BCUT2D eigenvalue weighted by Gasteiger charge is -2.29. The molecule has 0 atom stereocenters. The molecular weight excluding hydrogens is 260 g/mol. The van der Waals surface area contributed by atoms with Gasteiger partial charge in [0, 0.05) is 25.2 Å². The average molecular weight is 288 g/mol. The van der Waals surface area contributed by atoms with Gasteiger partial charge in [-0.3, -0.25) is 4.79 Å². The van der Waals surface area contributed by atoms with Crippen molar-refractivity contribution in [1.29, 1.82) is 0 Å². The highest BCUT2D eigenvalue weighted by atomic mass is 16.2. The SMILES string of the molecule is CCCCCCCCC(=O)N1CCc2ccc(N)cc2C1. The van der Waals surface area contributed by atoms with E-state index in [9.17, 15) is 4.79 Å². The van der Waals surface area contributed by atoms with Gasteiger partial charge in [0.15, 0.2) is 0 Å². The number of nitrogen functional groups attached to an aromatic ring is 1. The highest BCUT2D eigenvalue weighted by molar-refractivity contribution is 5.76. The number of hydrogen-bond donors (Lipinski definition) is 1. The Labute approximate surface area is 128 Å². The Kier molecular flexibility index (Phi) is 6.09. The Morgan fingerprint density at radius 3 is 2.71 bits per heavy atom. The Morgan fingerprint density at radius 2 is 1.90 bits per heavy atom. The molecule has 0 aliphatic carbocycles. The van der Waals surface area contributed by atoms with E-state index in [1.54, 1.807) is 0 Å². The van der Waals surface area contributed by atoms with Crippen LogP contribution in [0.5, 0.6) is 0 Å². The minimum Gasteiger partial charge on any atom is -0.399 e. The number of hydrogen-bond acceptors (Lipinski definition) is 2. The van der Waals surface area contributed by atoms with Crippen molar-refractivity contribution in [2.24, 2.45) is 0 Å². The Morgan fingerprint density at radius 1 is 1.14 bits per heavy atom. The molecule has 0 fully saturated rings. The monoisotopic (exact) mass is 288 g/mol. The normalized spacial score (nSPS) is 14.0. The van der Waals surface area contributed by atoms with Crippen LogP contribution in [0.2, 0.25) is 0 Å². The molecule has 0 radical (unpaired) electrons. The van der Waals surface area contributed by atoms with Crippen LogP contribution in [0, 0.1) is 0 Å². The van der Waals surface area contributed by atoms with Gasteiger partial charge in [0.2, 0.25) is 5.91 Å². The molecule has 2 rings (SSSR count). The summed E-state index contributed by atoms with van der Waals surface area (Å²) in [5, 5.41) is 0. The van der Waals surface area contributed by atoms with Gasteiger partial charge in [0.25, 0.3) is 0 Å². The van der Waals surface area contributed by atoms with E-state index in [4.69, 9.17) is 5.73 Å². The molecular formula is C18H28N2O. The van der Waals surface area contributed by atoms with Crippen molar-refractivity contribution in [3.63, 3.8) is 0 Å². The van der Waals surface area contributed by atoms with Crippen LogP contribution in [0.15, 0.2) is 18.2 Å². The summed E-state index contributed by atoms with van der Waals surface area (Å²) in [6.07, 6.45) is 9.03. The number of nitrogens with two attached hydrogens (primary N) is 1. The fourth-order valence-electron chi connectivity index (χ4n) is 3.00. The number of unbranched alkanes of at least 4 members (excludes halogenated alkanes) is 5. The predicted molar refractivity (Wildman–Crippen MR) is 88.0 cm³/mol. The van der Waals surface area contributed by atoms with Crippen molar-refractivity contribution in [2.75, 3.05) is 12.3 Å². The van der Waals surface area contributed by atoms with Gasteiger partial charge in [-0.2, -0.15) is 0 Å². The zero-order chi connectivity index (χ0) is 15.1. The molecule has 0 bridgehead atoms. The lowest BCUT2D eigenvalue weighted by atomic mass is 9.98. The highest BCUT2D eigenvalue weighted by Gasteiger charge is 2.20. The first kappa shape index (κ1) is 15.9. The second-order valence-electron chi connectivity index (χ2n) is 6.11. The van der Waals surface area contributed by atoms with Crippen molar-refractivity contribution in [1.82, 2.24) is 4.90 Å². The first-order valence-electron chi connectivity index (χ1n) is 8.35. The van der Waals surface area contributed by atoms with Gasteiger partial charge in [0.1, 0.15) is 0 Å². The number of amides is 1. The number of benzene rings is 1. The second kappa shape index (κ2) is 8.06. The van der Waals surface area contributed by atoms with Crippen LogP contribution >= 0.6 is 0 Å². The summed E-state index contributed by atoms with van der Waals surface area (Å²) in [6.45, 7) is 3.81. The van der Waals surface area contributed by atoms with Crippen LogP contribution < -0.4 is 5.73 Å². The highest BCUT2D eigenvalue weighted by Crippen LogP contribution is 2.22. The fraction of sp³-hybridized carbons (Fsp3) is 0.611.